The fraction of sp³-hybridized carbons (Fsp3) is 0.714. The van der Waals surface area contributed by atoms with Crippen LogP contribution in [0.3, 0.4) is 0 Å². The Bertz CT molecular complexity index is 1520. The second-order valence-corrected chi connectivity index (χ2v) is 15.1. The summed E-state index contributed by atoms with van der Waals surface area (Å²) < 4.78 is 109. The topological polar surface area (TPSA) is 308 Å². The van der Waals surface area contributed by atoms with Gasteiger partial charge in [0.2, 0.25) is 0 Å². The van der Waals surface area contributed by atoms with Gasteiger partial charge in [-0.2, -0.15) is 25.3 Å². The lowest BCUT2D eigenvalue weighted by atomic mass is 10.3. The number of hydrogen-bond donors (Lipinski definition) is 3. The number of nitrogens with zero attached hydrogens (tertiary/aromatic N) is 3. The highest BCUT2D eigenvalue weighted by molar-refractivity contribution is 7.86. The Kier molecular flexibility index (Phi) is 14.3. The zero-order valence-corrected chi connectivity index (χ0v) is 26.6. The van der Waals surface area contributed by atoms with E-state index in [1.54, 1.807) is 0 Å². The number of aromatic nitrogens is 3. The molecule has 1 aromatic heterocycles. The van der Waals surface area contributed by atoms with E-state index in [1.807, 2.05) is 0 Å². The molecule has 1 rings (SSSR count). The van der Waals surface area contributed by atoms with Crippen LogP contribution in [0, 0.1) is 0 Å². The van der Waals surface area contributed by atoms with Crippen LogP contribution in [-0.2, 0) is 78.6 Å². The largest absolute Gasteiger partial charge is 0.464 e. The molecule has 0 bridgehead atoms. The van der Waals surface area contributed by atoms with Crippen molar-refractivity contribution >= 4 is 48.3 Å². The Morgan fingerprint density at radius 3 is 0.911 bits per heavy atom. The SMILES string of the molecule is CC(CC(=O)OCCn1c(=O)n(CCOC(=O)CC(C)S(=O)(=O)O)c(=O)n(CCOC(=O)CC(C)S(=O)(=O)O)c1=O)S(=O)(=O)O. The third-order valence-electron chi connectivity index (χ3n) is 6.01. The third kappa shape index (κ3) is 12.8. The van der Waals surface area contributed by atoms with E-state index >= 15 is 0 Å². The second kappa shape index (κ2) is 16.2. The van der Waals surface area contributed by atoms with Crippen LogP contribution in [0.4, 0.5) is 0 Å². The van der Waals surface area contributed by atoms with Gasteiger partial charge < -0.3 is 14.2 Å². The molecular formula is C21H33N3O18S3. The average molecular weight is 712 g/mol. The molecule has 3 atom stereocenters. The van der Waals surface area contributed by atoms with Crippen molar-refractivity contribution in [3.63, 3.8) is 0 Å². The monoisotopic (exact) mass is 711 g/mol. The van der Waals surface area contributed by atoms with E-state index in [2.05, 4.69) is 0 Å². The molecule has 45 heavy (non-hydrogen) atoms. The molecule has 0 saturated heterocycles. The van der Waals surface area contributed by atoms with Crippen LogP contribution in [0.1, 0.15) is 40.0 Å². The fourth-order valence-electron chi connectivity index (χ4n) is 3.21. The first-order valence-electron chi connectivity index (χ1n) is 12.8. The fourth-order valence-corrected chi connectivity index (χ4v) is 4.25. The molecule has 0 amide bonds. The van der Waals surface area contributed by atoms with Crippen LogP contribution in [-0.4, -0.2) is 106 Å². The molecule has 0 saturated carbocycles. The van der Waals surface area contributed by atoms with Crippen molar-refractivity contribution in [3.8, 4) is 0 Å². The van der Waals surface area contributed by atoms with Crippen molar-refractivity contribution < 1.29 is 67.5 Å². The molecule has 0 aromatic carbocycles. The van der Waals surface area contributed by atoms with Gasteiger partial charge in [-0.05, 0) is 20.8 Å². The summed E-state index contributed by atoms with van der Waals surface area (Å²) in [4.78, 5) is 74.6. The number of rotatable bonds is 18. The minimum absolute atomic E-state index is 0.408. The summed E-state index contributed by atoms with van der Waals surface area (Å²) in [5, 5.41) is -4.59. The predicted molar refractivity (Wildman–Crippen MR) is 149 cm³/mol. The zero-order valence-electron chi connectivity index (χ0n) is 24.1. The van der Waals surface area contributed by atoms with E-state index < -0.39 is 140 Å². The Morgan fingerprint density at radius 2 is 0.733 bits per heavy atom. The van der Waals surface area contributed by atoms with Gasteiger partial charge in [0.15, 0.2) is 0 Å². The van der Waals surface area contributed by atoms with Crippen molar-refractivity contribution in [1.82, 2.24) is 13.7 Å². The lowest BCUT2D eigenvalue weighted by Crippen LogP contribution is -2.55. The van der Waals surface area contributed by atoms with E-state index in [1.165, 1.54) is 0 Å². The van der Waals surface area contributed by atoms with Crippen LogP contribution >= 0.6 is 0 Å². The summed E-state index contributed by atoms with van der Waals surface area (Å²) >= 11 is 0. The van der Waals surface area contributed by atoms with Crippen molar-refractivity contribution in [3.05, 3.63) is 31.5 Å². The van der Waals surface area contributed by atoms with Crippen molar-refractivity contribution in [2.24, 2.45) is 0 Å². The van der Waals surface area contributed by atoms with E-state index in [0.29, 0.717) is 13.7 Å². The van der Waals surface area contributed by atoms with Crippen molar-refractivity contribution in [1.29, 1.82) is 0 Å². The number of carbonyl (C=O) groups excluding carboxylic acids is 3. The first kappa shape index (κ1) is 39.6. The highest BCUT2D eigenvalue weighted by atomic mass is 32.2. The Morgan fingerprint density at radius 1 is 0.533 bits per heavy atom. The molecular weight excluding hydrogens is 678 g/mol. The molecule has 3 unspecified atom stereocenters. The summed E-state index contributed by atoms with van der Waals surface area (Å²) in [5.41, 5.74) is -3.86. The van der Waals surface area contributed by atoms with Gasteiger partial charge in [0.25, 0.3) is 30.4 Å². The lowest BCUT2D eigenvalue weighted by Gasteiger charge is -2.15. The minimum Gasteiger partial charge on any atom is -0.464 e. The van der Waals surface area contributed by atoms with Crippen molar-refractivity contribution in [2.75, 3.05) is 19.8 Å². The Labute approximate surface area is 255 Å². The third-order valence-corrected chi connectivity index (χ3v) is 9.56. The molecule has 1 aromatic rings. The molecule has 0 radical (unpaired) electrons. The molecule has 0 spiro atoms. The van der Waals surface area contributed by atoms with Gasteiger partial charge in [0.05, 0.1) is 54.6 Å². The van der Waals surface area contributed by atoms with Gasteiger partial charge in [-0.3, -0.25) is 28.0 Å². The molecule has 21 nitrogen and oxygen atoms in total. The Balaban J connectivity index is 3.21. The summed E-state index contributed by atoms with van der Waals surface area (Å²) in [5.74, 6) is -3.38. The molecule has 0 aliphatic rings. The lowest BCUT2D eigenvalue weighted by molar-refractivity contribution is -0.144. The number of hydrogen-bond acceptors (Lipinski definition) is 15. The predicted octanol–water partition coefficient (Wildman–Crippen LogP) is -3.20. The first-order valence-corrected chi connectivity index (χ1v) is 17.3. The van der Waals surface area contributed by atoms with Gasteiger partial charge in [-0.15, -0.1) is 0 Å². The molecule has 0 aliphatic heterocycles. The molecule has 24 heteroatoms. The van der Waals surface area contributed by atoms with Gasteiger partial charge >= 0.3 is 35.0 Å². The number of esters is 3. The van der Waals surface area contributed by atoms with Gasteiger partial charge in [-0.25, -0.2) is 28.1 Å². The van der Waals surface area contributed by atoms with E-state index in [4.69, 9.17) is 27.9 Å². The van der Waals surface area contributed by atoms with Crippen LogP contribution in [0.5, 0.6) is 0 Å². The maximum atomic E-state index is 13.0. The van der Waals surface area contributed by atoms with Crippen LogP contribution in [0.2, 0.25) is 0 Å². The number of carbonyl (C=O) groups is 3. The molecule has 258 valence electrons. The molecule has 3 N–H and O–H groups in total. The maximum absolute atomic E-state index is 13.0. The van der Waals surface area contributed by atoms with Crippen LogP contribution < -0.4 is 17.1 Å². The molecule has 0 fully saturated rings. The van der Waals surface area contributed by atoms with Gasteiger partial charge in [0, 0.05) is 0 Å². The average Bonchev–Trinajstić information content (AvgIpc) is 2.88. The second-order valence-electron chi connectivity index (χ2n) is 9.55. The van der Waals surface area contributed by atoms with E-state index in [0.717, 1.165) is 20.8 Å². The maximum Gasteiger partial charge on any atom is 0.336 e. The van der Waals surface area contributed by atoms with Gasteiger partial charge in [-0.1, -0.05) is 0 Å². The van der Waals surface area contributed by atoms with E-state index in [9.17, 15) is 54.0 Å². The van der Waals surface area contributed by atoms with Crippen LogP contribution in [0.25, 0.3) is 0 Å². The quantitative estimate of drug-likeness (QED) is 0.0767. The summed E-state index contributed by atoms with van der Waals surface area (Å²) in [7, 11) is -13.7. The van der Waals surface area contributed by atoms with E-state index in [-0.39, 0.29) is 0 Å². The number of ether oxygens (including phenoxy) is 3. The van der Waals surface area contributed by atoms with Gasteiger partial charge in [0.1, 0.15) is 19.8 Å². The minimum atomic E-state index is -4.57. The van der Waals surface area contributed by atoms with Crippen LogP contribution in [0.15, 0.2) is 14.4 Å². The molecule has 1 heterocycles. The highest BCUT2D eigenvalue weighted by Gasteiger charge is 2.24. The highest BCUT2D eigenvalue weighted by Crippen LogP contribution is 2.06. The van der Waals surface area contributed by atoms with Crippen molar-refractivity contribution in [2.45, 2.75) is 75.4 Å². The molecule has 0 aliphatic carbocycles. The summed E-state index contributed by atoms with van der Waals surface area (Å²) in [6.45, 7) is -1.13. The Hall–Kier alpha value is -3.45. The normalized spacial score (nSPS) is 14.3. The summed E-state index contributed by atoms with van der Waals surface area (Å²) in [6, 6.07) is 0. The first-order chi connectivity index (χ1) is 20.5. The smallest absolute Gasteiger partial charge is 0.336 e. The summed E-state index contributed by atoms with van der Waals surface area (Å²) in [6.07, 6.45) is -2.33. The zero-order chi connectivity index (χ0) is 34.9. The standard InChI is InChI=1S/C21H33N3O18S3/c1-13(43(31,32)33)10-16(25)40-7-4-22-19(28)23(5-8-41-17(26)11-14(2)44(34,35)36)21(30)24(20(22)29)6-9-42-18(27)12-15(3)45(37,38)39/h13-15H,4-12H2,1-3H3,(H,31,32,33)(H,34,35,36)(H,37,38,39).